The molecular weight excluding hydrogens is 482 g/mol. The summed E-state index contributed by atoms with van der Waals surface area (Å²) in [5.74, 6) is -0.473. The minimum absolute atomic E-state index is 0.0244. The Morgan fingerprint density at radius 2 is 1.87 bits per heavy atom. The molecule has 1 heterocycles. The van der Waals surface area contributed by atoms with Crippen molar-refractivity contribution in [2.75, 3.05) is 19.1 Å². The zero-order valence-corrected chi connectivity index (χ0v) is 18.1. The van der Waals surface area contributed by atoms with Crippen molar-refractivity contribution >= 4 is 52.1 Å². The van der Waals surface area contributed by atoms with Crippen LogP contribution in [0.1, 0.15) is 17.5 Å². The number of nitrogens with one attached hydrogen (secondary N) is 2. The number of hydrazine groups is 1. The number of halogens is 6. The molecule has 0 aliphatic carbocycles. The number of oxime groups is 1. The van der Waals surface area contributed by atoms with Gasteiger partial charge in [-0.05, 0) is 30.3 Å². The zero-order chi connectivity index (χ0) is 22.8. The predicted molar refractivity (Wildman–Crippen MR) is 112 cm³/mol. The number of hydrogen-bond donors (Lipinski definition) is 2. The topological polar surface area (TPSA) is 72.0 Å². The summed E-state index contributed by atoms with van der Waals surface area (Å²) in [4.78, 5) is 16.5. The normalized spacial score (nSPS) is 18.4. The highest BCUT2D eigenvalue weighted by Crippen LogP contribution is 2.49. The van der Waals surface area contributed by atoms with Crippen LogP contribution in [0.2, 0.25) is 15.1 Å². The van der Waals surface area contributed by atoms with E-state index in [0.29, 0.717) is 5.56 Å². The van der Waals surface area contributed by atoms with Gasteiger partial charge in [0.1, 0.15) is 6.61 Å². The van der Waals surface area contributed by atoms with Gasteiger partial charge < -0.3 is 9.57 Å². The number of anilines is 1. The van der Waals surface area contributed by atoms with Crippen LogP contribution in [0.3, 0.4) is 0 Å². The lowest BCUT2D eigenvalue weighted by Gasteiger charge is -2.29. The number of methoxy groups -OCH3 is 1. The highest BCUT2D eigenvalue weighted by Gasteiger charge is 2.62. The number of rotatable bonds is 6. The van der Waals surface area contributed by atoms with Gasteiger partial charge in [-0.3, -0.25) is 15.6 Å². The molecule has 1 amide bonds. The molecule has 0 radical (unpaired) electrons. The molecule has 2 aromatic rings. The molecule has 0 bridgehead atoms. The number of carbonyl (C=O) groups is 1. The lowest BCUT2D eigenvalue weighted by Crippen LogP contribution is -2.42. The molecule has 1 atom stereocenters. The van der Waals surface area contributed by atoms with Crippen LogP contribution in [0, 0.1) is 0 Å². The zero-order valence-electron chi connectivity index (χ0n) is 15.8. The summed E-state index contributed by atoms with van der Waals surface area (Å²) in [7, 11) is 1.35. The molecular formula is C19H15Cl3F3N3O3. The standard InChI is InChI=1S/C19H15Cl3F3N3O3/c1-30-9-17(29)27-26-15-4-10(2-3-14(15)22)16-8-18(31-28-16,19(23,24)25)11-5-12(20)7-13(21)6-11/h2-7,26H,8-9H2,1H3,(H,27,29). The number of hydrogen-bond acceptors (Lipinski definition) is 5. The summed E-state index contributed by atoms with van der Waals surface area (Å²) < 4.78 is 47.0. The van der Waals surface area contributed by atoms with Crippen molar-refractivity contribution in [3.05, 3.63) is 62.6 Å². The molecule has 0 saturated carbocycles. The van der Waals surface area contributed by atoms with Gasteiger partial charge in [0.25, 0.3) is 11.5 Å². The van der Waals surface area contributed by atoms with Crippen LogP contribution in [0.4, 0.5) is 18.9 Å². The van der Waals surface area contributed by atoms with E-state index in [1.54, 1.807) is 0 Å². The maximum atomic E-state index is 14.1. The third-order valence-electron chi connectivity index (χ3n) is 4.43. The van der Waals surface area contributed by atoms with Gasteiger partial charge in [0.15, 0.2) is 0 Å². The Kier molecular flexibility index (Phi) is 6.90. The minimum atomic E-state index is -4.81. The Hall–Kier alpha value is -2.20. The second-order valence-corrected chi connectivity index (χ2v) is 7.87. The van der Waals surface area contributed by atoms with Crippen LogP contribution in [0.15, 0.2) is 41.6 Å². The van der Waals surface area contributed by atoms with Crippen LogP contribution in [0.25, 0.3) is 0 Å². The van der Waals surface area contributed by atoms with Crippen molar-refractivity contribution in [1.29, 1.82) is 0 Å². The van der Waals surface area contributed by atoms with Crippen molar-refractivity contribution in [2.45, 2.75) is 18.2 Å². The fourth-order valence-electron chi connectivity index (χ4n) is 2.95. The fourth-order valence-corrected chi connectivity index (χ4v) is 3.64. The quantitative estimate of drug-likeness (QED) is 0.531. The van der Waals surface area contributed by atoms with Crippen LogP contribution in [0.5, 0.6) is 0 Å². The van der Waals surface area contributed by atoms with Crippen LogP contribution in [-0.4, -0.2) is 31.5 Å². The summed E-state index contributed by atoms with van der Waals surface area (Å²) in [6.07, 6.45) is -5.43. The van der Waals surface area contributed by atoms with Gasteiger partial charge in [-0.1, -0.05) is 46.0 Å². The maximum absolute atomic E-state index is 14.1. The Morgan fingerprint density at radius 3 is 2.48 bits per heavy atom. The molecule has 0 saturated heterocycles. The van der Waals surface area contributed by atoms with Crippen molar-refractivity contribution in [3.8, 4) is 0 Å². The van der Waals surface area contributed by atoms with E-state index in [2.05, 4.69) is 16.0 Å². The Balaban J connectivity index is 1.90. The lowest BCUT2D eigenvalue weighted by atomic mass is 9.86. The molecule has 0 fully saturated rings. The van der Waals surface area contributed by atoms with E-state index in [-0.39, 0.29) is 38.6 Å². The number of alkyl halides is 3. The summed E-state index contributed by atoms with van der Waals surface area (Å²) in [6.45, 7) is -0.193. The molecule has 31 heavy (non-hydrogen) atoms. The van der Waals surface area contributed by atoms with Crippen molar-refractivity contribution < 1.29 is 27.5 Å². The number of nitrogens with zero attached hydrogens (tertiary/aromatic N) is 1. The monoisotopic (exact) mass is 495 g/mol. The minimum Gasteiger partial charge on any atom is -0.375 e. The largest absolute Gasteiger partial charge is 0.435 e. The van der Waals surface area contributed by atoms with E-state index in [9.17, 15) is 18.0 Å². The number of ether oxygens (including phenoxy) is 1. The van der Waals surface area contributed by atoms with Crippen LogP contribution >= 0.6 is 34.8 Å². The smallest absolute Gasteiger partial charge is 0.375 e. The van der Waals surface area contributed by atoms with Crippen molar-refractivity contribution in [2.24, 2.45) is 5.16 Å². The van der Waals surface area contributed by atoms with Crippen LogP contribution in [-0.2, 0) is 20.0 Å². The second kappa shape index (κ2) is 9.12. The Bertz CT molecular complexity index is 1010. The molecule has 1 aliphatic rings. The van der Waals surface area contributed by atoms with Gasteiger partial charge in [0.05, 0.1) is 16.4 Å². The van der Waals surface area contributed by atoms with Gasteiger partial charge in [0.2, 0.25) is 0 Å². The molecule has 0 spiro atoms. The highest BCUT2D eigenvalue weighted by molar-refractivity contribution is 6.34. The number of amides is 1. The molecule has 1 unspecified atom stereocenters. The van der Waals surface area contributed by atoms with Gasteiger partial charge in [-0.15, -0.1) is 0 Å². The van der Waals surface area contributed by atoms with Crippen molar-refractivity contribution in [1.82, 2.24) is 5.43 Å². The maximum Gasteiger partial charge on any atom is 0.435 e. The van der Waals surface area contributed by atoms with Gasteiger partial charge in [0, 0.05) is 34.7 Å². The van der Waals surface area contributed by atoms with Crippen molar-refractivity contribution in [3.63, 3.8) is 0 Å². The third kappa shape index (κ3) is 5.01. The van der Waals surface area contributed by atoms with E-state index >= 15 is 0 Å². The predicted octanol–water partition coefficient (Wildman–Crippen LogP) is 5.32. The second-order valence-electron chi connectivity index (χ2n) is 6.59. The average molecular weight is 497 g/mol. The average Bonchev–Trinajstić information content (AvgIpc) is 3.14. The summed E-state index contributed by atoms with van der Waals surface area (Å²) in [6, 6.07) is 7.98. The molecule has 2 N–H and O–H groups in total. The first kappa shape index (κ1) is 23.5. The Labute approximate surface area is 190 Å². The summed E-state index contributed by atoms with van der Waals surface area (Å²) in [5, 5.41) is 3.99. The number of carbonyl (C=O) groups excluding carboxylic acids is 1. The van der Waals surface area contributed by atoms with Gasteiger partial charge in [-0.25, -0.2) is 0 Å². The first-order valence-corrected chi connectivity index (χ1v) is 9.81. The van der Waals surface area contributed by atoms with E-state index in [4.69, 9.17) is 44.4 Å². The fraction of sp³-hybridized carbons (Fsp3) is 0.263. The molecule has 2 aromatic carbocycles. The first-order valence-electron chi connectivity index (χ1n) is 8.68. The summed E-state index contributed by atoms with van der Waals surface area (Å²) >= 11 is 17.9. The first-order chi connectivity index (χ1) is 14.6. The molecule has 166 valence electrons. The third-order valence-corrected chi connectivity index (χ3v) is 5.19. The van der Waals surface area contributed by atoms with Crippen LogP contribution < -0.4 is 10.9 Å². The van der Waals surface area contributed by atoms with E-state index in [0.717, 1.165) is 12.1 Å². The highest BCUT2D eigenvalue weighted by atomic mass is 35.5. The molecule has 12 heteroatoms. The number of benzene rings is 2. The van der Waals surface area contributed by atoms with Gasteiger partial charge >= 0.3 is 6.18 Å². The van der Waals surface area contributed by atoms with E-state index in [1.807, 2.05) is 0 Å². The van der Waals surface area contributed by atoms with Gasteiger partial charge in [-0.2, -0.15) is 13.2 Å². The lowest BCUT2D eigenvalue weighted by molar-refractivity contribution is -0.275. The van der Waals surface area contributed by atoms with E-state index < -0.39 is 24.1 Å². The Morgan fingerprint density at radius 1 is 1.19 bits per heavy atom. The van der Waals surface area contributed by atoms with E-state index in [1.165, 1.54) is 31.4 Å². The SMILES string of the molecule is COCC(=O)NNc1cc(C2=NOC(c3cc(Cl)cc(Cl)c3)(C(F)(F)F)C2)ccc1Cl. The summed E-state index contributed by atoms with van der Waals surface area (Å²) in [5.41, 5.74) is 2.52. The molecule has 6 nitrogen and oxygen atoms in total. The molecule has 0 aromatic heterocycles. The molecule has 3 rings (SSSR count). The molecule has 1 aliphatic heterocycles.